The van der Waals surface area contributed by atoms with Gasteiger partial charge in [0.1, 0.15) is 0 Å². The minimum absolute atomic E-state index is 0.0711. The van der Waals surface area contributed by atoms with Crippen molar-refractivity contribution in [2.24, 2.45) is 17.6 Å². The maximum atomic E-state index is 12.5. The molecule has 0 heterocycles. The molecular formula is C15H28F2N2O. The van der Waals surface area contributed by atoms with E-state index in [0.29, 0.717) is 0 Å². The molecule has 0 aromatic carbocycles. The van der Waals surface area contributed by atoms with Crippen molar-refractivity contribution >= 4 is 5.91 Å². The van der Waals surface area contributed by atoms with Gasteiger partial charge in [-0.25, -0.2) is 8.78 Å². The second-order valence-corrected chi connectivity index (χ2v) is 5.82. The Labute approximate surface area is 120 Å². The van der Waals surface area contributed by atoms with E-state index >= 15 is 0 Å². The van der Waals surface area contributed by atoms with E-state index < -0.39 is 13.0 Å². The Morgan fingerprint density at radius 1 is 1.30 bits per heavy atom. The Morgan fingerprint density at radius 2 is 1.95 bits per heavy atom. The summed E-state index contributed by atoms with van der Waals surface area (Å²) in [5, 5.41) is 0. The number of hydrogen-bond acceptors (Lipinski definition) is 2. The Bertz CT molecular complexity index is 279. The van der Waals surface area contributed by atoms with Crippen molar-refractivity contribution in [2.45, 2.75) is 58.3 Å². The molecule has 0 unspecified atom stereocenters. The molecule has 20 heavy (non-hydrogen) atoms. The fourth-order valence-electron chi connectivity index (χ4n) is 3.06. The molecule has 0 radical (unpaired) electrons. The van der Waals surface area contributed by atoms with E-state index in [2.05, 4.69) is 6.92 Å². The lowest BCUT2D eigenvalue weighted by atomic mass is 9.79. The number of carbonyl (C=O) groups is 1. The Kier molecular flexibility index (Phi) is 8.04. The number of alkyl halides is 2. The van der Waals surface area contributed by atoms with Crippen LogP contribution in [0.4, 0.5) is 8.78 Å². The average molecular weight is 290 g/mol. The van der Waals surface area contributed by atoms with Gasteiger partial charge >= 0.3 is 0 Å². The molecule has 0 bridgehead atoms. The fourth-order valence-corrected chi connectivity index (χ4v) is 3.06. The summed E-state index contributed by atoms with van der Waals surface area (Å²) in [7, 11) is 0. The summed E-state index contributed by atoms with van der Waals surface area (Å²) in [5.74, 6) is 0.528. The molecule has 0 aromatic heterocycles. The molecule has 1 saturated carbocycles. The van der Waals surface area contributed by atoms with Crippen LogP contribution < -0.4 is 5.73 Å². The molecule has 5 heteroatoms. The lowest BCUT2D eigenvalue weighted by Gasteiger charge is -2.32. The standard InChI is InChI=1S/C15H28F2N2O/c1-2-3-4-12-5-7-13(8-6-12)15(20)19(10-9-18)11-14(16)17/h12-14H,2-11,18H2,1H3. The van der Waals surface area contributed by atoms with E-state index in [9.17, 15) is 13.6 Å². The van der Waals surface area contributed by atoms with Gasteiger partial charge in [0, 0.05) is 19.0 Å². The largest absolute Gasteiger partial charge is 0.335 e. The molecule has 1 amide bonds. The summed E-state index contributed by atoms with van der Waals surface area (Å²) in [6.07, 6.45) is 5.01. The van der Waals surface area contributed by atoms with Gasteiger partial charge < -0.3 is 10.6 Å². The zero-order chi connectivity index (χ0) is 15.0. The predicted octanol–water partition coefficient (Wildman–Crippen LogP) is 3.04. The SMILES string of the molecule is CCCCC1CCC(C(=O)N(CCN)CC(F)F)CC1. The summed E-state index contributed by atoms with van der Waals surface area (Å²) in [6.45, 7) is 2.18. The number of amides is 1. The molecule has 0 aliphatic heterocycles. The van der Waals surface area contributed by atoms with Gasteiger partial charge in [0.2, 0.25) is 5.91 Å². The molecule has 0 spiro atoms. The molecule has 1 aliphatic rings. The fraction of sp³-hybridized carbons (Fsp3) is 0.933. The number of rotatable bonds is 8. The van der Waals surface area contributed by atoms with Crippen LogP contribution in [0.3, 0.4) is 0 Å². The van der Waals surface area contributed by atoms with Crippen LogP contribution in [-0.2, 0) is 4.79 Å². The molecule has 0 aromatic rings. The van der Waals surface area contributed by atoms with Gasteiger partial charge in [-0.2, -0.15) is 0 Å². The first-order chi connectivity index (χ1) is 9.58. The quantitative estimate of drug-likeness (QED) is 0.747. The summed E-state index contributed by atoms with van der Waals surface area (Å²) in [5.41, 5.74) is 5.41. The minimum atomic E-state index is -2.48. The van der Waals surface area contributed by atoms with E-state index in [1.54, 1.807) is 0 Å². The van der Waals surface area contributed by atoms with E-state index in [1.165, 1.54) is 24.2 Å². The third-order valence-electron chi connectivity index (χ3n) is 4.23. The van der Waals surface area contributed by atoms with Crippen LogP contribution in [0.1, 0.15) is 51.9 Å². The highest BCUT2D eigenvalue weighted by Gasteiger charge is 2.30. The number of nitrogens with zero attached hydrogens (tertiary/aromatic N) is 1. The molecule has 2 N–H and O–H groups in total. The van der Waals surface area contributed by atoms with Crippen LogP contribution in [0.15, 0.2) is 0 Å². The van der Waals surface area contributed by atoms with Crippen molar-refractivity contribution in [1.29, 1.82) is 0 Å². The zero-order valence-corrected chi connectivity index (χ0v) is 12.5. The minimum Gasteiger partial charge on any atom is -0.335 e. The average Bonchev–Trinajstić information content (AvgIpc) is 2.44. The molecule has 118 valence electrons. The first-order valence-corrected chi connectivity index (χ1v) is 7.85. The number of carbonyl (C=O) groups excluding carboxylic acids is 1. The summed E-state index contributed by atoms with van der Waals surface area (Å²) >= 11 is 0. The molecule has 1 aliphatic carbocycles. The van der Waals surface area contributed by atoms with Crippen LogP contribution in [-0.4, -0.2) is 36.9 Å². The highest BCUT2D eigenvalue weighted by molar-refractivity contribution is 5.79. The second-order valence-electron chi connectivity index (χ2n) is 5.82. The topological polar surface area (TPSA) is 46.3 Å². The zero-order valence-electron chi connectivity index (χ0n) is 12.5. The van der Waals surface area contributed by atoms with Gasteiger partial charge in [-0.05, 0) is 31.6 Å². The normalized spacial score (nSPS) is 23.1. The van der Waals surface area contributed by atoms with Gasteiger partial charge in [-0.15, -0.1) is 0 Å². The lowest BCUT2D eigenvalue weighted by molar-refractivity contribution is -0.138. The van der Waals surface area contributed by atoms with Gasteiger partial charge in [0.15, 0.2) is 0 Å². The van der Waals surface area contributed by atoms with Crippen molar-refractivity contribution in [2.75, 3.05) is 19.6 Å². The van der Waals surface area contributed by atoms with Crippen molar-refractivity contribution < 1.29 is 13.6 Å². The summed E-state index contributed by atoms with van der Waals surface area (Å²) in [6, 6.07) is 0. The van der Waals surface area contributed by atoms with E-state index in [0.717, 1.165) is 31.6 Å². The van der Waals surface area contributed by atoms with Crippen LogP contribution in [0.2, 0.25) is 0 Å². The van der Waals surface area contributed by atoms with E-state index in [4.69, 9.17) is 5.73 Å². The Hall–Kier alpha value is -0.710. The highest BCUT2D eigenvalue weighted by atomic mass is 19.3. The summed E-state index contributed by atoms with van der Waals surface area (Å²) < 4.78 is 25.0. The number of unbranched alkanes of at least 4 members (excludes halogenated alkanes) is 1. The highest BCUT2D eigenvalue weighted by Crippen LogP contribution is 2.32. The predicted molar refractivity (Wildman–Crippen MR) is 76.6 cm³/mol. The maximum Gasteiger partial charge on any atom is 0.255 e. The summed E-state index contributed by atoms with van der Waals surface area (Å²) in [4.78, 5) is 13.5. The van der Waals surface area contributed by atoms with E-state index in [1.807, 2.05) is 0 Å². The van der Waals surface area contributed by atoms with Crippen molar-refractivity contribution in [3.8, 4) is 0 Å². The molecule has 0 saturated heterocycles. The third kappa shape index (κ3) is 5.73. The Balaban J connectivity index is 2.43. The number of nitrogens with two attached hydrogens (primary N) is 1. The first-order valence-electron chi connectivity index (χ1n) is 7.85. The van der Waals surface area contributed by atoms with Gasteiger partial charge in [-0.3, -0.25) is 4.79 Å². The van der Waals surface area contributed by atoms with Gasteiger partial charge in [0.05, 0.1) is 6.54 Å². The molecular weight excluding hydrogens is 262 g/mol. The van der Waals surface area contributed by atoms with Crippen molar-refractivity contribution in [3.05, 3.63) is 0 Å². The van der Waals surface area contributed by atoms with Crippen LogP contribution in [0.25, 0.3) is 0 Å². The van der Waals surface area contributed by atoms with Crippen molar-refractivity contribution in [1.82, 2.24) is 4.90 Å². The smallest absolute Gasteiger partial charge is 0.255 e. The number of halogens is 2. The van der Waals surface area contributed by atoms with Crippen molar-refractivity contribution in [3.63, 3.8) is 0 Å². The second kappa shape index (κ2) is 9.27. The van der Waals surface area contributed by atoms with Crippen LogP contribution >= 0.6 is 0 Å². The molecule has 1 rings (SSSR count). The molecule has 3 nitrogen and oxygen atoms in total. The molecule has 0 atom stereocenters. The van der Waals surface area contributed by atoms with E-state index in [-0.39, 0.29) is 24.9 Å². The molecule has 1 fully saturated rings. The van der Waals surface area contributed by atoms with Gasteiger partial charge in [0.25, 0.3) is 6.43 Å². The lowest BCUT2D eigenvalue weighted by Crippen LogP contribution is -2.43. The van der Waals surface area contributed by atoms with Crippen LogP contribution in [0, 0.1) is 11.8 Å². The monoisotopic (exact) mass is 290 g/mol. The maximum absolute atomic E-state index is 12.5. The van der Waals surface area contributed by atoms with Gasteiger partial charge in [-0.1, -0.05) is 26.2 Å². The Morgan fingerprint density at radius 3 is 2.45 bits per heavy atom. The number of hydrogen-bond donors (Lipinski definition) is 1. The van der Waals surface area contributed by atoms with Crippen LogP contribution in [0.5, 0.6) is 0 Å². The first kappa shape index (κ1) is 17.3. The third-order valence-corrected chi connectivity index (χ3v) is 4.23.